The molecule has 0 spiro atoms. The predicted molar refractivity (Wildman–Crippen MR) is 126 cm³/mol. The first-order valence-corrected chi connectivity index (χ1v) is 10.5. The largest absolute Gasteiger partial charge is 0.497 e. The number of barbiturate groups is 1. The van der Waals surface area contributed by atoms with E-state index < -0.39 is 17.8 Å². The standard InChI is InChI=1S/C26H22N2O6/c1-32-20-13-9-19(10-14-20)28-25(30)23(24(29)27-26(28)31)17-18-7-11-22(12-8-18)34-16-15-33-21-5-3-2-4-6-21/h2-14,17H,15-16H2,1H3,(H,27,29,31)/b23-17-. The second-order valence-electron chi connectivity index (χ2n) is 7.23. The average Bonchev–Trinajstić information content (AvgIpc) is 2.86. The number of para-hydroxylation sites is 1. The molecule has 34 heavy (non-hydrogen) atoms. The minimum Gasteiger partial charge on any atom is -0.497 e. The molecule has 0 radical (unpaired) electrons. The van der Waals surface area contributed by atoms with E-state index in [4.69, 9.17) is 14.2 Å². The molecule has 0 atom stereocenters. The molecule has 8 nitrogen and oxygen atoms in total. The van der Waals surface area contributed by atoms with Gasteiger partial charge in [-0.15, -0.1) is 0 Å². The molecular formula is C26H22N2O6. The SMILES string of the molecule is COc1ccc(N2C(=O)NC(=O)/C(=C/c3ccc(OCCOc4ccccc4)cc3)C2=O)cc1. The number of carbonyl (C=O) groups is 3. The van der Waals surface area contributed by atoms with Gasteiger partial charge in [0.05, 0.1) is 12.8 Å². The van der Waals surface area contributed by atoms with Gasteiger partial charge >= 0.3 is 6.03 Å². The molecule has 3 aromatic carbocycles. The van der Waals surface area contributed by atoms with Gasteiger partial charge in [-0.1, -0.05) is 30.3 Å². The Kier molecular flexibility index (Phi) is 6.88. The van der Waals surface area contributed by atoms with E-state index in [0.717, 1.165) is 10.6 Å². The molecule has 0 unspecified atom stereocenters. The van der Waals surface area contributed by atoms with Crippen molar-refractivity contribution >= 4 is 29.6 Å². The minimum atomic E-state index is -0.807. The summed E-state index contributed by atoms with van der Waals surface area (Å²) in [6.45, 7) is 0.745. The van der Waals surface area contributed by atoms with Crippen LogP contribution >= 0.6 is 0 Å². The van der Waals surface area contributed by atoms with E-state index in [1.54, 1.807) is 48.5 Å². The molecule has 0 aromatic heterocycles. The number of nitrogens with one attached hydrogen (secondary N) is 1. The number of carbonyl (C=O) groups excluding carboxylic acids is 3. The van der Waals surface area contributed by atoms with E-state index in [0.29, 0.717) is 36.0 Å². The fourth-order valence-electron chi connectivity index (χ4n) is 3.29. The third-order valence-electron chi connectivity index (χ3n) is 4.99. The number of nitrogens with zero attached hydrogens (tertiary/aromatic N) is 1. The lowest BCUT2D eigenvalue weighted by molar-refractivity contribution is -0.122. The highest BCUT2D eigenvalue weighted by Crippen LogP contribution is 2.24. The number of urea groups is 1. The van der Waals surface area contributed by atoms with Gasteiger partial charge in [-0.2, -0.15) is 0 Å². The smallest absolute Gasteiger partial charge is 0.335 e. The van der Waals surface area contributed by atoms with Gasteiger partial charge in [0.1, 0.15) is 36.0 Å². The van der Waals surface area contributed by atoms with Crippen molar-refractivity contribution in [2.45, 2.75) is 0 Å². The van der Waals surface area contributed by atoms with Crippen molar-refractivity contribution in [3.63, 3.8) is 0 Å². The van der Waals surface area contributed by atoms with Crippen molar-refractivity contribution in [3.05, 3.63) is 90.0 Å². The van der Waals surface area contributed by atoms with Gasteiger partial charge in [-0.05, 0) is 60.2 Å². The molecule has 4 rings (SSSR count). The molecule has 172 valence electrons. The number of imide groups is 2. The zero-order chi connectivity index (χ0) is 23.9. The van der Waals surface area contributed by atoms with Gasteiger partial charge in [0.25, 0.3) is 11.8 Å². The topological polar surface area (TPSA) is 94.2 Å². The number of rotatable bonds is 8. The van der Waals surface area contributed by atoms with Crippen molar-refractivity contribution in [3.8, 4) is 17.2 Å². The summed E-state index contributed by atoms with van der Waals surface area (Å²) in [5, 5.41) is 2.21. The molecule has 1 aliphatic rings. The Labute approximate surface area is 196 Å². The lowest BCUT2D eigenvalue weighted by Gasteiger charge is -2.26. The fourth-order valence-corrected chi connectivity index (χ4v) is 3.29. The van der Waals surface area contributed by atoms with Gasteiger partial charge in [-0.25, -0.2) is 9.69 Å². The van der Waals surface area contributed by atoms with E-state index in [9.17, 15) is 14.4 Å². The maximum Gasteiger partial charge on any atom is 0.335 e. The summed E-state index contributed by atoms with van der Waals surface area (Å²) in [5.41, 5.74) is 0.777. The molecule has 0 aliphatic carbocycles. The Balaban J connectivity index is 1.41. The van der Waals surface area contributed by atoms with E-state index in [1.807, 2.05) is 30.3 Å². The number of benzene rings is 3. The Bertz CT molecular complexity index is 1200. The Morgan fingerprint density at radius 3 is 1.97 bits per heavy atom. The van der Waals surface area contributed by atoms with Crippen LogP contribution < -0.4 is 24.4 Å². The zero-order valence-corrected chi connectivity index (χ0v) is 18.4. The molecule has 1 aliphatic heterocycles. The molecule has 1 fully saturated rings. The predicted octanol–water partition coefficient (Wildman–Crippen LogP) is 3.82. The Morgan fingerprint density at radius 2 is 1.35 bits per heavy atom. The summed E-state index contributed by atoms with van der Waals surface area (Å²) >= 11 is 0. The molecule has 0 saturated carbocycles. The van der Waals surface area contributed by atoms with E-state index >= 15 is 0 Å². The van der Waals surface area contributed by atoms with Crippen LogP contribution in [0.3, 0.4) is 0 Å². The van der Waals surface area contributed by atoms with Crippen LogP contribution in [0.15, 0.2) is 84.4 Å². The number of hydrogen-bond acceptors (Lipinski definition) is 6. The van der Waals surface area contributed by atoms with Crippen molar-refractivity contribution in [1.82, 2.24) is 5.32 Å². The van der Waals surface area contributed by atoms with Crippen LogP contribution in [0.1, 0.15) is 5.56 Å². The molecule has 1 saturated heterocycles. The molecule has 0 bridgehead atoms. The van der Waals surface area contributed by atoms with Crippen LogP contribution in [0.4, 0.5) is 10.5 Å². The minimum absolute atomic E-state index is 0.152. The zero-order valence-electron chi connectivity index (χ0n) is 18.4. The number of amides is 4. The number of hydrogen-bond donors (Lipinski definition) is 1. The van der Waals surface area contributed by atoms with Gasteiger partial charge < -0.3 is 14.2 Å². The summed E-state index contributed by atoms with van der Waals surface area (Å²) in [5.74, 6) is 0.504. The summed E-state index contributed by atoms with van der Waals surface area (Å²) < 4.78 is 16.4. The van der Waals surface area contributed by atoms with E-state index in [1.165, 1.54) is 13.2 Å². The van der Waals surface area contributed by atoms with Crippen LogP contribution in [0.2, 0.25) is 0 Å². The maximum absolute atomic E-state index is 13.0. The summed E-state index contributed by atoms with van der Waals surface area (Å²) in [6, 6.07) is 21.9. The first kappa shape index (κ1) is 22.6. The van der Waals surface area contributed by atoms with Crippen molar-refractivity contribution in [1.29, 1.82) is 0 Å². The lowest BCUT2D eigenvalue weighted by Crippen LogP contribution is -2.54. The second kappa shape index (κ2) is 10.4. The van der Waals surface area contributed by atoms with E-state index in [2.05, 4.69) is 5.32 Å². The van der Waals surface area contributed by atoms with Crippen LogP contribution in [-0.4, -0.2) is 38.2 Å². The van der Waals surface area contributed by atoms with Gasteiger partial charge in [0.2, 0.25) is 0 Å². The lowest BCUT2D eigenvalue weighted by atomic mass is 10.1. The monoisotopic (exact) mass is 458 g/mol. The molecular weight excluding hydrogens is 436 g/mol. The highest BCUT2D eigenvalue weighted by Gasteiger charge is 2.36. The molecule has 1 heterocycles. The van der Waals surface area contributed by atoms with Gasteiger partial charge in [0.15, 0.2) is 0 Å². The van der Waals surface area contributed by atoms with Crippen molar-refractivity contribution in [2.75, 3.05) is 25.2 Å². The summed E-state index contributed by atoms with van der Waals surface area (Å²) in [7, 11) is 1.52. The second-order valence-corrected chi connectivity index (χ2v) is 7.23. The average molecular weight is 458 g/mol. The summed E-state index contributed by atoms with van der Waals surface area (Å²) in [6.07, 6.45) is 1.43. The fraction of sp³-hybridized carbons (Fsp3) is 0.115. The third-order valence-corrected chi connectivity index (χ3v) is 4.99. The van der Waals surface area contributed by atoms with Crippen LogP contribution in [0, 0.1) is 0 Å². The molecule has 1 N–H and O–H groups in total. The van der Waals surface area contributed by atoms with E-state index in [-0.39, 0.29) is 5.57 Å². The van der Waals surface area contributed by atoms with Gasteiger partial charge in [-0.3, -0.25) is 14.9 Å². The van der Waals surface area contributed by atoms with Crippen LogP contribution in [-0.2, 0) is 9.59 Å². The quantitative estimate of drug-likeness (QED) is 0.313. The summed E-state index contributed by atoms with van der Waals surface area (Å²) in [4.78, 5) is 38.5. The first-order chi connectivity index (χ1) is 16.5. The Hall–Kier alpha value is -4.59. The molecule has 8 heteroatoms. The highest BCUT2D eigenvalue weighted by atomic mass is 16.5. The van der Waals surface area contributed by atoms with Crippen molar-refractivity contribution < 1.29 is 28.6 Å². The van der Waals surface area contributed by atoms with Crippen LogP contribution in [0.25, 0.3) is 6.08 Å². The number of methoxy groups -OCH3 is 1. The van der Waals surface area contributed by atoms with Gasteiger partial charge in [0, 0.05) is 0 Å². The number of anilines is 1. The first-order valence-electron chi connectivity index (χ1n) is 10.5. The molecule has 3 aromatic rings. The third kappa shape index (κ3) is 5.24. The molecule has 4 amide bonds. The maximum atomic E-state index is 13.0. The Morgan fingerprint density at radius 1 is 0.765 bits per heavy atom. The normalized spacial score (nSPS) is 14.7. The highest BCUT2D eigenvalue weighted by molar-refractivity contribution is 6.39. The van der Waals surface area contributed by atoms with Crippen molar-refractivity contribution in [2.24, 2.45) is 0 Å². The number of ether oxygens (including phenoxy) is 3. The van der Waals surface area contributed by atoms with Crippen LogP contribution in [0.5, 0.6) is 17.2 Å².